The number of nitrogens with zero attached hydrogens (tertiary/aromatic N) is 2. The highest BCUT2D eigenvalue weighted by Crippen LogP contribution is 2.42. The summed E-state index contributed by atoms with van der Waals surface area (Å²) in [5.74, 6) is 0. The molecule has 7 heteroatoms. The van der Waals surface area contributed by atoms with E-state index in [0.717, 1.165) is 23.0 Å². The number of thiophene rings is 2. The second-order valence-corrected chi connectivity index (χ2v) is 10.7. The van der Waals surface area contributed by atoms with Gasteiger partial charge in [-0.15, -0.1) is 22.7 Å². The third kappa shape index (κ3) is 2.80. The highest BCUT2D eigenvalue weighted by molar-refractivity contribution is 9.11. The third-order valence-corrected chi connectivity index (χ3v) is 8.63. The van der Waals surface area contributed by atoms with Crippen LogP contribution >= 0.6 is 66.3 Å². The normalized spacial score (nSPS) is 11.5. The molecule has 4 aromatic rings. The first-order valence-corrected chi connectivity index (χ1v) is 11.3. The minimum absolute atomic E-state index is 0.994. The lowest BCUT2D eigenvalue weighted by molar-refractivity contribution is 1.15. The predicted octanol–water partition coefficient (Wildman–Crippen LogP) is 7.54. The number of rotatable bonds is 3. The predicted molar refractivity (Wildman–Crippen MR) is 114 cm³/mol. The average Bonchev–Trinajstić information content (AvgIpc) is 3.26. The fraction of sp³-hybridized carbons (Fsp3) is 0.176. The zero-order valence-corrected chi connectivity index (χ0v) is 18.5. The van der Waals surface area contributed by atoms with Crippen LogP contribution in [0.15, 0.2) is 31.8 Å². The number of hydrogen-bond acceptors (Lipinski definition) is 5. The lowest BCUT2D eigenvalue weighted by Gasteiger charge is -2.03. The Kier molecular flexibility index (Phi) is 4.64. The molecule has 0 aliphatic rings. The fourth-order valence-corrected chi connectivity index (χ4v) is 6.69. The largest absolute Gasteiger partial charge is 0.172 e. The van der Waals surface area contributed by atoms with Gasteiger partial charge in [0.05, 0.1) is 19.3 Å². The van der Waals surface area contributed by atoms with E-state index in [1.807, 2.05) is 0 Å². The van der Waals surface area contributed by atoms with Gasteiger partial charge in [0.25, 0.3) is 0 Å². The van der Waals surface area contributed by atoms with Crippen molar-refractivity contribution in [3.05, 3.63) is 43.0 Å². The maximum absolute atomic E-state index is 4.59. The summed E-state index contributed by atoms with van der Waals surface area (Å²) < 4.78 is 11.6. The molecule has 0 N–H and O–H groups in total. The van der Waals surface area contributed by atoms with Crippen LogP contribution in [0.3, 0.4) is 0 Å². The molecule has 0 atom stereocenters. The van der Waals surface area contributed by atoms with Crippen LogP contribution in [-0.2, 0) is 6.42 Å². The second kappa shape index (κ2) is 6.61. The molecular weight excluding hydrogens is 488 g/mol. The first-order chi connectivity index (χ1) is 11.6. The van der Waals surface area contributed by atoms with E-state index in [-0.39, 0.29) is 0 Å². The first kappa shape index (κ1) is 16.8. The van der Waals surface area contributed by atoms with E-state index in [9.17, 15) is 0 Å². The minimum atomic E-state index is 0.994. The van der Waals surface area contributed by atoms with Gasteiger partial charge in [-0.1, -0.05) is 19.1 Å². The Morgan fingerprint density at radius 1 is 0.917 bits per heavy atom. The number of hydrogen-bond donors (Lipinski definition) is 0. The third-order valence-electron chi connectivity index (χ3n) is 3.94. The van der Waals surface area contributed by atoms with Gasteiger partial charge in [0.1, 0.15) is 11.0 Å². The lowest BCUT2D eigenvalue weighted by Crippen LogP contribution is -1.82. The molecule has 0 unspecified atom stereocenters. The summed E-state index contributed by atoms with van der Waals surface area (Å²) in [7, 11) is 0. The highest BCUT2D eigenvalue weighted by atomic mass is 79.9. The van der Waals surface area contributed by atoms with Crippen LogP contribution in [0.5, 0.6) is 0 Å². The van der Waals surface area contributed by atoms with Crippen molar-refractivity contribution in [2.75, 3.05) is 0 Å². The molecular formula is C17H12Br2N2S3. The summed E-state index contributed by atoms with van der Waals surface area (Å²) in [6, 6.07) is 8.82. The number of aromatic nitrogens is 2. The van der Waals surface area contributed by atoms with E-state index in [0.29, 0.717) is 0 Å². The van der Waals surface area contributed by atoms with Crippen molar-refractivity contribution >= 4 is 77.3 Å². The van der Waals surface area contributed by atoms with E-state index in [1.165, 1.54) is 45.7 Å². The summed E-state index contributed by atoms with van der Waals surface area (Å²) in [4.78, 5) is 2.47. The van der Waals surface area contributed by atoms with Crippen LogP contribution in [0.25, 0.3) is 31.9 Å². The number of halogens is 2. The van der Waals surface area contributed by atoms with Gasteiger partial charge in [-0.3, -0.25) is 0 Å². The van der Waals surface area contributed by atoms with Crippen molar-refractivity contribution in [2.24, 2.45) is 0 Å². The van der Waals surface area contributed by atoms with E-state index < -0.39 is 0 Å². The van der Waals surface area contributed by atoms with Gasteiger partial charge < -0.3 is 0 Å². The topological polar surface area (TPSA) is 25.8 Å². The Labute approximate surface area is 169 Å². The zero-order valence-electron chi connectivity index (χ0n) is 12.9. The van der Waals surface area contributed by atoms with Crippen LogP contribution in [0, 0.1) is 6.92 Å². The molecule has 1 aromatic carbocycles. The second-order valence-electron chi connectivity index (χ2n) is 5.45. The molecule has 3 aromatic heterocycles. The summed E-state index contributed by atoms with van der Waals surface area (Å²) in [5, 5.41) is 0. The summed E-state index contributed by atoms with van der Waals surface area (Å²) in [5.41, 5.74) is 6.91. The average molecular weight is 500 g/mol. The Bertz CT molecular complexity index is 1030. The Balaban J connectivity index is 1.91. The molecule has 0 saturated carbocycles. The monoisotopic (exact) mass is 498 g/mol. The van der Waals surface area contributed by atoms with Crippen LogP contribution in [0.4, 0.5) is 0 Å². The van der Waals surface area contributed by atoms with Gasteiger partial charge in [0, 0.05) is 20.9 Å². The van der Waals surface area contributed by atoms with Gasteiger partial charge in [0.2, 0.25) is 0 Å². The Morgan fingerprint density at radius 2 is 1.50 bits per heavy atom. The quantitative estimate of drug-likeness (QED) is 0.291. The summed E-state index contributed by atoms with van der Waals surface area (Å²) in [6.07, 6.45) is 1.02. The van der Waals surface area contributed by atoms with Gasteiger partial charge in [-0.05, 0) is 68.5 Å². The Morgan fingerprint density at radius 3 is 2.00 bits per heavy atom. The molecule has 0 radical (unpaired) electrons. The van der Waals surface area contributed by atoms with Gasteiger partial charge in [-0.2, -0.15) is 8.75 Å². The summed E-state index contributed by atoms with van der Waals surface area (Å²) in [6.45, 7) is 4.29. The van der Waals surface area contributed by atoms with Crippen LogP contribution in [0.2, 0.25) is 0 Å². The van der Waals surface area contributed by atoms with Crippen molar-refractivity contribution < 1.29 is 0 Å². The molecule has 3 heterocycles. The molecule has 0 aliphatic carbocycles. The van der Waals surface area contributed by atoms with E-state index in [4.69, 9.17) is 0 Å². The van der Waals surface area contributed by atoms with Crippen molar-refractivity contribution in [2.45, 2.75) is 20.3 Å². The van der Waals surface area contributed by atoms with Crippen molar-refractivity contribution in [1.29, 1.82) is 0 Å². The molecule has 0 saturated heterocycles. The molecule has 122 valence electrons. The molecule has 4 rings (SSSR count). The lowest BCUT2D eigenvalue weighted by atomic mass is 10.0. The van der Waals surface area contributed by atoms with Crippen molar-refractivity contribution in [3.8, 4) is 20.9 Å². The maximum atomic E-state index is 4.59. The maximum Gasteiger partial charge on any atom is 0.114 e. The molecule has 0 aliphatic heterocycles. The first-order valence-electron chi connectivity index (χ1n) is 7.38. The number of aryl methyl sites for hydroxylation is 2. The smallest absolute Gasteiger partial charge is 0.114 e. The van der Waals surface area contributed by atoms with Crippen LogP contribution < -0.4 is 0 Å². The standard InChI is InChI=1S/C17H12Br2N2S3/c1-3-9-7-13(23-17(9)19)11-5-4-10(14-15(11)21-24-20-14)12-6-8(2)16(18)22-12/h4-7H,3H2,1-2H3. The summed E-state index contributed by atoms with van der Waals surface area (Å²) >= 11 is 12.1. The number of fused-ring (bicyclic) bond motifs is 1. The van der Waals surface area contributed by atoms with Crippen LogP contribution in [0.1, 0.15) is 18.1 Å². The van der Waals surface area contributed by atoms with E-state index >= 15 is 0 Å². The van der Waals surface area contributed by atoms with Crippen molar-refractivity contribution in [1.82, 2.24) is 8.75 Å². The zero-order chi connectivity index (χ0) is 16.8. The van der Waals surface area contributed by atoms with Crippen molar-refractivity contribution in [3.63, 3.8) is 0 Å². The molecule has 0 fully saturated rings. The van der Waals surface area contributed by atoms with E-state index in [2.05, 4.69) is 78.7 Å². The minimum Gasteiger partial charge on any atom is -0.172 e. The SMILES string of the molecule is CCc1cc(-c2ccc(-c3cc(C)c(Br)s3)c3nsnc23)sc1Br. The number of benzene rings is 1. The van der Waals surface area contributed by atoms with Crippen LogP contribution in [-0.4, -0.2) is 8.75 Å². The van der Waals surface area contributed by atoms with E-state index in [1.54, 1.807) is 22.7 Å². The molecule has 0 bridgehead atoms. The van der Waals surface area contributed by atoms with Gasteiger partial charge in [-0.25, -0.2) is 0 Å². The molecule has 2 nitrogen and oxygen atoms in total. The Hall–Kier alpha value is -0.600. The fourth-order valence-electron chi connectivity index (χ4n) is 2.64. The molecule has 0 amide bonds. The molecule has 0 spiro atoms. The van der Waals surface area contributed by atoms with Gasteiger partial charge in [0.15, 0.2) is 0 Å². The highest BCUT2D eigenvalue weighted by Gasteiger charge is 2.17. The molecule has 24 heavy (non-hydrogen) atoms. The van der Waals surface area contributed by atoms with Gasteiger partial charge >= 0.3 is 0 Å².